The van der Waals surface area contributed by atoms with Gasteiger partial charge >= 0.3 is 0 Å². The lowest BCUT2D eigenvalue weighted by atomic mass is 9.85. The molecule has 1 aromatic heterocycles. The van der Waals surface area contributed by atoms with E-state index in [1.165, 1.54) is 11.3 Å². The maximum absolute atomic E-state index is 11.7. The van der Waals surface area contributed by atoms with E-state index in [4.69, 9.17) is 0 Å². The smallest absolute Gasteiger partial charge is 0.223 e. The van der Waals surface area contributed by atoms with Crippen LogP contribution < -0.4 is 16.0 Å². The number of amides is 1. The highest BCUT2D eigenvalue weighted by Crippen LogP contribution is 2.27. The van der Waals surface area contributed by atoms with Gasteiger partial charge in [0.1, 0.15) is 0 Å². The standard InChI is InChI=1S/C18H30N4OS.HI/c1-18(2,15-9-5-12-24-15)13-22-17(19-3)21-11-6-10-20-16(23)14-7-4-8-14;/h5,9,12,14H,4,6-8,10-11,13H2,1-3H3,(H,20,23)(H2,19,21,22);1H. The van der Waals surface area contributed by atoms with Crippen molar-refractivity contribution in [2.75, 3.05) is 26.7 Å². The highest BCUT2D eigenvalue weighted by molar-refractivity contribution is 14.0. The Morgan fingerprint density at radius 1 is 1.28 bits per heavy atom. The second-order valence-electron chi connectivity index (χ2n) is 6.99. The molecule has 0 radical (unpaired) electrons. The molecule has 2 rings (SSSR count). The minimum absolute atomic E-state index is 0. The predicted molar refractivity (Wildman–Crippen MR) is 117 cm³/mol. The zero-order valence-corrected chi connectivity index (χ0v) is 18.6. The second-order valence-corrected chi connectivity index (χ2v) is 7.93. The van der Waals surface area contributed by atoms with Crippen LogP contribution in [0.3, 0.4) is 0 Å². The molecule has 1 aromatic rings. The van der Waals surface area contributed by atoms with Crippen LogP contribution in [0.4, 0.5) is 0 Å². The number of nitrogens with zero attached hydrogens (tertiary/aromatic N) is 1. The fourth-order valence-corrected chi connectivity index (χ4v) is 3.45. The van der Waals surface area contributed by atoms with Gasteiger partial charge < -0.3 is 16.0 Å². The van der Waals surface area contributed by atoms with E-state index in [2.05, 4.69) is 52.3 Å². The monoisotopic (exact) mass is 478 g/mol. The van der Waals surface area contributed by atoms with Crippen LogP contribution in [-0.4, -0.2) is 38.5 Å². The lowest BCUT2D eigenvalue weighted by Gasteiger charge is -2.25. The molecule has 1 heterocycles. The van der Waals surface area contributed by atoms with Crippen molar-refractivity contribution in [3.63, 3.8) is 0 Å². The molecule has 5 nitrogen and oxygen atoms in total. The van der Waals surface area contributed by atoms with Gasteiger partial charge in [-0.25, -0.2) is 0 Å². The van der Waals surface area contributed by atoms with E-state index in [0.29, 0.717) is 0 Å². The Morgan fingerprint density at radius 2 is 2.00 bits per heavy atom. The molecule has 7 heteroatoms. The van der Waals surface area contributed by atoms with E-state index in [-0.39, 0.29) is 41.2 Å². The molecule has 1 fully saturated rings. The zero-order valence-electron chi connectivity index (χ0n) is 15.4. The summed E-state index contributed by atoms with van der Waals surface area (Å²) in [6.07, 6.45) is 4.21. The number of halogens is 1. The van der Waals surface area contributed by atoms with Crippen LogP contribution in [-0.2, 0) is 10.2 Å². The topological polar surface area (TPSA) is 65.5 Å². The van der Waals surface area contributed by atoms with Crippen LogP contribution in [0.5, 0.6) is 0 Å². The molecule has 142 valence electrons. The minimum atomic E-state index is 0. The predicted octanol–water partition coefficient (Wildman–Crippen LogP) is 3.12. The first-order valence-electron chi connectivity index (χ1n) is 8.79. The normalized spacial score (nSPS) is 15.1. The van der Waals surface area contributed by atoms with Gasteiger partial charge in [0.25, 0.3) is 0 Å². The summed E-state index contributed by atoms with van der Waals surface area (Å²) in [7, 11) is 1.78. The molecule has 0 aromatic carbocycles. The average Bonchev–Trinajstić information content (AvgIpc) is 3.03. The van der Waals surface area contributed by atoms with Crippen molar-refractivity contribution in [3.8, 4) is 0 Å². The van der Waals surface area contributed by atoms with Crippen molar-refractivity contribution >= 4 is 47.2 Å². The van der Waals surface area contributed by atoms with Crippen LogP contribution in [0.2, 0.25) is 0 Å². The third-order valence-electron chi connectivity index (χ3n) is 4.53. The molecule has 3 N–H and O–H groups in total. The minimum Gasteiger partial charge on any atom is -0.356 e. The first-order valence-corrected chi connectivity index (χ1v) is 9.67. The number of carbonyl (C=O) groups is 1. The van der Waals surface area contributed by atoms with Gasteiger partial charge in [-0.1, -0.05) is 26.3 Å². The number of aliphatic imine (C=N–C) groups is 1. The lowest BCUT2D eigenvalue weighted by molar-refractivity contribution is -0.127. The summed E-state index contributed by atoms with van der Waals surface area (Å²) in [6, 6.07) is 4.26. The van der Waals surface area contributed by atoms with Gasteiger partial charge in [0.05, 0.1) is 0 Å². The fourth-order valence-electron chi connectivity index (χ4n) is 2.60. The quantitative estimate of drug-likeness (QED) is 0.233. The first kappa shape index (κ1) is 22.2. The van der Waals surface area contributed by atoms with E-state index in [0.717, 1.165) is 44.9 Å². The van der Waals surface area contributed by atoms with Crippen LogP contribution in [0.1, 0.15) is 44.4 Å². The SMILES string of the molecule is CN=C(NCCCNC(=O)C1CCC1)NCC(C)(C)c1cccs1.I. The van der Waals surface area contributed by atoms with Gasteiger partial charge in [-0.3, -0.25) is 9.79 Å². The van der Waals surface area contributed by atoms with Crippen LogP contribution in [0, 0.1) is 5.92 Å². The summed E-state index contributed by atoms with van der Waals surface area (Å²) in [5.41, 5.74) is 0.0720. The lowest BCUT2D eigenvalue weighted by Crippen LogP contribution is -2.44. The van der Waals surface area contributed by atoms with Gasteiger partial charge in [-0.2, -0.15) is 0 Å². The molecule has 1 aliphatic rings. The molecule has 0 aliphatic heterocycles. The van der Waals surface area contributed by atoms with Gasteiger partial charge in [-0.05, 0) is 30.7 Å². The Morgan fingerprint density at radius 3 is 2.56 bits per heavy atom. The molecule has 0 bridgehead atoms. The highest BCUT2D eigenvalue weighted by Gasteiger charge is 2.24. The second kappa shape index (κ2) is 11.0. The number of thiophene rings is 1. The van der Waals surface area contributed by atoms with Crippen molar-refractivity contribution in [1.82, 2.24) is 16.0 Å². The molecular weight excluding hydrogens is 447 g/mol. The fraction of sp³-hybridized carbons (Fsp3) is 0.667. The van der Waals surface area contributed by atoms with Crippen molar-refractivity contribution < 1.29 is 4.79 Å². The average molecular weight is 478 g/mol. The number of guanidine groups is 1. The number of hydrogen-bond acceptors (Lipinski definition) is 3. The summed E-state index contributed by atoms with van der Waals surface area (Å²) >= 11 is 1.78. The van der Waals surface area contributed by atoms with Crippen LogP contribution >= 0.6 is 35.3 Å². The molecule has 1 saturated carbocycles. The van der Waals surface area contributed by atoms with E-state index < -0.39 is 0 Å². The molecule has 0 atom stereocenters. The Labute approximate surface area is 172 Å². The van der Waals surface area contributed by atoms with E-state index in [1.807, 2.05) is 0 Å². The third kappa shape index (κ3) is 7.13. The van der Waals surface area contributed by atoms with E-state index in [9.17, 15) is 4.79 Å². The van der Waals surface area contributed by atoms with E-state index >= 15 is 0 Å². The molecule has 1 amide bonds. The summed E-state index contributed by atoms with van der Waals surface area (Å²) in [6.45, 7) is 6.81. The number of nitrogens with one attached hydrogen (secondary N) is 3. The molecule has 0 unspecified atom stereocenters. The summed E-state index contributed by atoms with van der Waals surface area (Å²) in [4.78, 5) is 17.4. The van der Waals surface area contributed by atoms with Crippen molar-refractivity contribution in [1.29, 1.82) is 0 Å². The molecule has 1 aliphatic carbocycles. The largest absolute Gasteiger partial charge is 0.356 e. The molecule has 0 spiro atoms. The summed E-state index contributed by atoms with van der Waals surface area (Å²) in [5, 5.41) is 11.8. The van der Waals surface area contributed by atoms with Crippen molar-refractivity contribution in [2.24, 2.45) is 10.9 Å². The van der Waals surface area contributed by atoms with Crippen LogP contribution in [0.15, 0.2) is 22.5 Å². The molecular formula is C18H31IN4OS. The van der Waals surface area contributed by atoms with Gasteiger partial charge in [0.15, 0.2) is 5.96 Å². The third-order valence-corrected chi connectivity index (χ3v) is 5.77. The van der Waals surface area contributed by atoms with E-state index in [1.54, 1.807) is 18.4 Å². The number of rotatable bonds is 8. The number of hydrogen-bond donors (Lipinski definition) is 3. The molecule has 0 saturated heterocycles. The Bertz CT molecular complexity index is 541. The maximum atomic E-state index is 11.7. The molecule has 25 heavy (non-hydrogen) atoms. The Kier molecular flexibility index (Phi) is 9.78. The summed E-state index contributed by atoms with van der Waals surface area (Å²) in [5.74, 6) is 1.30. The number of carbonyl (C=O) groups excluding carboxylic acids is 1. The van der Waals surface area contributed by atoms with Gasteiger partial charge in [0.2, 0.25) is 5.91 Å². The maximum Gasteiger partial charge on any atom is 0.223 e. The van der Waals surface area contributed by atoms with Gasteiger partial charge in [0, 0.05) is 42.9 Å². The van der Waals surface area contributed by atoms with Crippen molar-refractivity contribution in [3.05, 3.63) is 22.4 Å². The highest BCUT2D eigenvalue weighted by atomic mass is 127. The Hall–Kier alpha value is -0.830. The van der Waals surface area contributed by atoms with Crippen LogP contribution in [0.25, 0.3) is 0 Å². The first-order chi connectivity index (χ1) is 11.5. The van der Waals surface area contributed by atoms with Gasteiger partial charge in [-0.15, -0.1) is 35.3 Å². The van der Waals surface area contributed by atoms with Crippen molar-refractivity contribution in [2.45, 2.75) is 44.9 Å². The Balaban J connectivity index is 0.00000312. The zero-order chi connectivity index (χ0) is 17.4. The summed E-state index contributed by atoms with van der Waals surface area (Å²) < 4.78 is 0.